The van der Waals surface area contributed by atoms with Gasteiger partial charge in [-0.2, -0.15) is 18.6 Å². The van der Waals surface area contributed by atoms with Crippen LogP contribution < -0.4 is 10.2 Å². The molecule has 0 spiro atoms. The molecule has 0 saturated carbocycles. The largest absolute Gasteiger partial charge is 0.462 e. The van der Waals surface area contributed by atoms with Crippen molar-refractivity contribution in [3.05, 3.63) is 72.1 Å². The van der Waals surface area contributed by atoms with Crippen LogP contribution in [0, 0.1) is 5.41 Å². The van der Waals surface area contributed by atoms with E-state index in [1.807, 2.05) is 0 Å². The quantitative estimate of drug-likeness (QED) is 0.116. The van der Waals surface area contributed by atoms with Gasteiger partial charge in [-0.05, 0) is 54.1 Å². The molecule has 6 N–H and O–H groups in total. The summed E-state index contributed by atoms with van der Waals surface area (Å²) in [5, 5.41) is 56.6. The van der Waals surface area contributed by atoms with Gasteiger partial charge in [0.2, 0.25) is 6.29 Å². The van der Waals surface area contributed by atoms with Crippen LogP contribution in [0.1, 0.15) is 5.56 Å². The number of aliphatic hydroxyl groups is 4. The van der Waals surface area contributed by atoms with Crippen molar-refractivity contribution in [3.63, 3.8) is 0 Å². The van der Waals surface area contributed by atoms with E-state index in [0.29, 0.717) is 22.3 Å². The second-order valence-corrected chi connectivity index (χ2v) is 10.3. The van der Waals surface area contributed by atoms with Crippen molar-refractivity contribution in [2.75, 3.05) is 6.61 Å². The number of nitrogens with zero attached hydrogens (tertiary/aromatic N) is 5. The molecule has 4 aromatic rings. The smallest absolute Gasteiger partial charge is 0.294 e. The predicted octanol–water partition coefficient (Wildman–Crippen LogP) is -0.991. The van der Waals surface area contributed by atoms with Crippen LogP contribution in [-0.4, -0.2) is 96.4 Å². The molecule has 0 bridgehead atoms. The summed E-state index contributed by atoms with van der Waals surface area (Å²) in [5.41, 5.74) is 1.43. The van der Waals surface area contributed by atoms with E-state index in [0.717, 1.165) is 0 Å². The zero-order valence-corrected chi connectivity index (χ0v) is 21.3. The Kier molecular flexibility index (Phi) is 7.47. The highest BCUT2D eigenvalue weighted by atomic mass is 32.2. The molecule has 16 heteroatoms. The molecule has 40 heavy (non-hydrogen) atoms. The lowest BCUT2D eigenvalue weighted by molar-refractivity contribution is -0.277. The maximum atomic E-state index is 11.3. The minimum absolute atomic E-state index is 0.00960. The fraction of sp³-hybridized carbons (Fsp3) is 0.250. The van der Waals surface area contributed by atoms with Crippen molar-refractivity contribution in [1.29, 1.82) is 5.41 Å². The van der Waals surface area contributed by atoms with Crippen molar-refractivity contribution in [2.45, 2.75) is 35.6 Å². The summed E-state index contributed by atoms with van der Waals surface area (Å²) in [7, 11) is -4.33. The first-order valence-electron chi connectivity index (χ1n) is 11.8. The predicted molar refractivity (Wildman–Crippen MR) is 136 cm³/mol. The SMILES string of the molecule is N=c1c2cnn(-c3ccc(S(=O)(=O)O)cc3)c2ncn1N=Cc1ccc(OC2OC(CO)C(O)C(O)C2O)cc1. The monoisotopic (exact) mass is 572 g/mol. The van der Waals surface area contributed by atoms with E-state index in [9.17, 15) is 28.8 Å². The van der Waals surface area contributed by atoms with Gasteiger partial charge in [0.1, 0.15) is 36.5 Å². The Bertz CT molecular complexity index is 1700. The van der Waals surface area contributed by atoms with E-state index < -0.39 is 47.4 Å². The van der Waals surface area contributed by atoms with Crippen molar-refractivity contribution < 1.29 is 42.9 Å². The highest BCUT2D eigenvalue weighted by Gasteiger charge is 2.44. The molecule has 210 valence electrons. The van der Waals surface area contributed by atoms with Crippen LogP contribution in [-0.2, 0) is 14.9 Å². The van der Waals surface area contributed by atoms with E-state index >= 15 is 0 Å². The summed E-state index contributed by atoms with van der Waals surface area (Å²) in [6.45, 7) is -0.568. The van der Waals surface area contributed by atoms with Gasteiger partial charge in [0.25, 0.3) is 10.1 Å². The Morgan fingerprint density at radius 3 is 2.40 bits per heavy atom. The number of hydrogen-bond donors (Lipinski definition) is 6. The van der Waals surface area contributed by atoms with E-state index in [1.165, 1.54) is 52.4 Å². The van der Waals surface area contributed by atoms with Crippen molar-refractivity contribution in [3.8, 4) is 11.4 Å². The molecule has 2 aromatic carbocycles. The first-order valence-corrected chi connectivity index (χ1v) is 13.2. The van der Waals surface area contributed by atoms with Crippen LogP contribution in [0.15, 0.2) is 71.1 Å². The molecular weight excluding hydrogens is 548 g/mol. The molecule has 1 saturated heterocycles. The fourth-order valence-electron chi connectivity index (χ4n) is 4.02. The molecule has 0 aliphatic carbocycles. The fourth-order valence-corrected chi connectivity index (χ4v) is 4.50. The van der Waals surface area contributed by atoms with E-state index in [-0.39, 0.29) is 16.1 Å². The molecule has 5 atom stereocenters. The Labute approximate surface area is 226 Å². The van der Waals surface area contributed by atoms with E-state index in [2.05, 4.69) is 15.2 Å². The number of fused-ring (bicyclic) bond motifs is 1. The third kappa shape index (κ3) is 5.36. The second kappa shape index (κ2) is 10.9. The Hall–Kier alpha value is -4.03. The maximum Gasteiger partial charge on any atom is 0.294 e. The first-order chi connectivity index (χ1) is 19.1. The Morgan fingerprint density at radius 1 is 1.05 bits per heavy atom. The molecule has 0 radical (unpaired) electrons. The van der Waals surface area contributed by atoms with Gasteiger partial charge in [-0.15, -0.1) is 0 Å². The third-order valence-corrected chi connectivity index (χ3v) is 7.08. The van der Waals surface area contributed by atoms with Crippen molar-refractivity contribution in [2.24, 2.45) is 5.10 Å². The first kappa shape index (κ1) is 27.5. The van der Waals surface area contributed by atoms with Gasteiger partial charge in [0.15, 0.2) is 11.1 Å². The molecule has 0 amide bonds. The van der Waals surface area contributed by atoms with Crippen LogP contribution in [0.5, 0.6) is 5.75 Å². The number of aliphatic hydroxyl groups excluding tert-OH is 4. The van der Waals surface area contributed by atoms with Crippen molar-refractivity contribution in [1.82, 2.24) is 19.4 Å². The third-order valence-electron chi connectivity index (χ3n) is 6.21. The van der Waals surface area contributed by atoms with Crippen molar-refractivity contribution >= 4 is 27.4 Å². The summed E-state index contributed by atoms with van der Waals surface area (Å²) >= 11 is 0. The number of benzene rings is 2. The highest BCUT2D eigenvalue weighted by Crippen LogP contribution is 2.24. The zero-order chi connectivity index (χ0) is 28.6. The van der Waals surface area contributed by atoms with Crippen LogP contribution >= 0.6 is 0 Å². The number of rotatable bonds is 7. The summed E-state index contributed by atoms with van der Waals surface area (Å²) in [4.78, 5) is 4.06. The number of aromatic nitrogens is 4. The molecule has 1 fully saturated rings. The van der Waals surface area contributed by atoms with Gasteiger partial charge >= 0.3 is 0 Å². The van der Waals surface area contributed by atoms with Crippen LogP contribution in [0.2, 0.25) is 0 Å². The zero-order valence-electron chi connectivity index (χ0n) is 20.5. The molecule has 1 aliphatic heterocycles. The molecular formula is C24H24N6O9S. The van der Waals surface area contributed by atoms with Crippen LogP contribution in [0.25, 0.3) is 16.7 Å². The number of nitrogens with one attached hydrogen (secondary N) is 1. The summed E-state index contributed by atoms with van der Waals surface area (Å²) < 4.78 is 45.3. The minimum Gasteiger partial charge on any atom is -0.462 e. The van der Waals surface area contributed by atoms with E-state index in [4.69, 9.17) is 19.4 Å². The lowest BCUT2D eigenvalue weighted by atomic mass is 9.99. The Balaban J connectivity index is 1.31. The summed E-state index contributed by atoms with van der Waals surface area (Å²) in [6, 6.07) is 11.8. The Morgan fingerprint density at radius 2 is 1.75 bits per heavy atom. The standard InChI is InChI=1S/C24H24N6O9S/c25-22-17-10-28-30(14-3-7-16(8-4-14)40(35,36)37)23(17)26-12-29(22)27-9-13-1-5-15(6-2-13)38-24-21(34)20(33)19(32)18(11-31)39-24/h1-10,12,18-21,24-25,31-34H,11H2,(H,35,36,37). The van der Waals surface area contributed by atoms with Gasteiger partial charge < -0.3 is 29.9 Å². The number of ether oxygens (including phenoxy) is 2. The second-order valence-electron chi connectivity index (χ2n) is 8.83. The molecule has 3 heterocycles. The normalized spacial score (nSPS) is 23.6. The van der Waals surface area contributed by atoms with Gasteiger partial charge in [0, 0.05) is 0 Å². The lowest BCUT2D eigenvalue weighted by Gasteiger charge is -2.39. The van der Waals surface area contributed by atoms with Crippen LogP contribution in [0.3, 0.4) is 0 Å². The van der Waals surface area contributed by atoms with E-state index in [1.54, 1.807) is 24.3 Å². The lowest BCUT2D eigenvalue weighted by Crippen LogP contribution is -2.60. The molecule has 15 nitrogen and oxygen atoms in total. The minimum atomic E-state index is -4.33. The average molecular weight is 573 g/mol. The average Bonchev–Trinajstić information content (AvgIpc) is 3.38. The highest BCUT2D eigenvalue weighted by molar-refractivity contribution is 7.85. The molecule has 1 aliphatic rings. The maximum absolute atomic E-state index is 11.3. The van der Waals surface area contributed by atoms with Gasteiger partial charge in [-0.1, -0.05) is 0 Å². The van der Waals surface area contributed by atoms with Gasteiger partial charge in [-0.25, -0.2) is 14.3 Å². The topological polar surface area (TPSA) is 226 Å². The van der Waals surface area contributed by atoms with Gasteiger partial charge in [-0.3, -0.25) is 9.96 Å². The molecule has 5 rings (SSSR count). The summed E-state index contributed by atoms with van der Waals surface area (Å²) in [6.07, 6.45) is -2.75. The molecule has 5 unspecified atom stereocenters. The number of hydrogen-bond acceptors (Lipinski definition) is 12. The summed E-state index contributed by atoms with van der Waals surface area (Å²) in [5.74, 6) is 0.287. The van der Waals surface area contributed by atoms with Gasteiger partial charge in [0.05, 0.1) is 35.0 Å². The molecule has 2 aromatic heterocycles. The van der Waals surface area contributed by atoms with Crippen LogP contribution in [0.4, 0.5) is 0 Å².